The van der Waals surface area contributed by atoms with Crippen molar-refractivity contribution in [1.29, 1.82) is 0 Å². The van der Waals surface area contributed by atoms with Crippen molar-refractivity contribution in [2.75, 3.05) is 12.3 Å². The number of nitrogen functional groups attached to an aromatic ring is 1. The first-order valence-electron chi connectivity index (χ1n) is 13.0. The number of hydrogen-bond acceptors (Lipinski definition) is 7. The maximum absolute atomic E-state index is 13.1. The van der Waals surface area contributed by atoms with Crippen LogP contribution in [0.3, 0.4) is 0 Å². The zero-order valence-corrected chi connectivity index (χ0v) is 23.5. The fourth-order valence-corrected chi connectivity index (χ4v) is 5.22. The first-order valence-corrected chi connectivity index (χ1v) is 13.8. The van der Waals surface area contributed by atoms with E-state index in [9.17, 15) is 4.79 Å². The van der Waals surface area contributed by atoms with Crippen LogP contribution in [0.4, 0.5) is 5.82 Å². The number of benzene rings is 1. The lowest BCUT2D eigenvalue weighted by atomic mass is 10.0. The van der Waals surface area contributed by atoms with Crippen LogP contribution in [0.5, 0.6) is 0 Å². The van der Waals surface area contributed by atoms with Gasteiger partial charge in [0.1, 0.15) is 12.1 Å². The van der Waals surface area contributed by atoms with Crippen molar-refractivity contribution in [3.63, 3.8) is 0 Å². The van der Waals surface area contributed by atoms with E-state index in [1.165, 1.54) is 6.33 Å². The van der Waals surface area contributed by atoms with Gasteiger partial charge in [0.2, 0.25) is 5.82 Å². The van der Waals surface area contributed by atoms with Crippen LogP contribution in [0.25, 0.3) is 28.0 Å². The first kappa shape index (κ1) is 26.5. The molecule has 39 heavy (non-hydrogen) atoms. The second kappa shape index (κ2) is 11.7. The number of H-pyrrole nitrogens is 1. The van der Waals surface area contributed by atoms with Gasteiger partial charge >= 0.3 is 0 Å². The van der Waals surface area contributed by atoms with Crippen molar-refractivity contribution in [2.24, 2.45) is 0 Å². The van der Waals surface area contributed by atoms with Gasteiger partial charge < -0.3 is 10.6 Å². The highest BCUT2D eigenvalue weighted by Gasteiger charge is 2.26. The molecule has 0 radical (unpaired) electrons. The summed E-state index contributed by atoms with van der Waals surface area (Å²) in [4.78, 5) is 28.7. The summed E-state index contributed by atoms with van der Waals surface area (Å²) < 4.78 is 2.35. The quantitative estimate of drug-likeness (QED) is 0.230. The lowest BCUT2D eigenvalue weighted by Gasteiger charge is -2.30. The lowest BCUT2D eigenvalue weighted by Crippen LogP contribution is -2.41. The van der Waals surface area contributed by atoms with Crippen molar-refractivity contribution in [3.8, 4) is 22.4 Å². The monoisotopic (exact) mass is 587 g/mol. The Morgan fingerprint density at radius 2 is 1.92 bits per heavy atom. The number of carbonyl (C=O) groups excluding carboxylic acids is 1. The van der Waals surface area contributed by atoms with E-state index in [4.69, 9.17) is 10.7 Å². The molecule has 0 fully saturated rings. The molecule has 0 saturated carbocycles. The number of fused-ring (bicyclic) bond motifs is 1. The first-order chi connectivity index (χ1) is 19.0. The summed E-state index contributed by atoms with van der Waals surface area (Å²) in [7, 11) is 0. The Balaban J connectivity index is 1.42. The Bertz CT molecular complexity index is 1550. The van der Waals surface area contributed by atoms with Crippen molar-refractivity contribution < 1.29 is 4.79 Å². The van der Waals surface area contributed by atoms with Crippen LogP contribution < -0.4 is 5.73 Å². The summed E-state index contributed by atoms with van der Waals surface area (Å²) in [5.74, 6) is 0.490. The van der Waals surface area contributed by atoms with E-state index < -0.39 is 0 Å². The average Bonchev–Trinajstić information content (AvgIpc) is 3.66. The van der Waals surface area contributed by atoms with Crippen LogP contribution in [0.1, 0.15) is 49.4 Å². The van der Waals surface area contributed by atoms with E-state index in [1.54, 1.807) is 10.7 Å². The number of halogens is 1. The van der Waals surface area contributed by atoms with E-state index in [2.05, 4.69) is 55.0 Å². The van der Waals surface area contributed by atoms with Crippen LogP contribution in [-0.4, -0.2) is 58.2 Å². The molecule has 200 valence electrons. The third kappa shape index (κ3) is 5.40. The molecule has 3 N–H and O–H groups in total. The van der Waals surface area contributed by atoms with Gasteiger partial charge in [-0.1, -0.05) is 50.2 Å². The molecule has 0 aliphatic carbocycles. The SMILES string of the molecule is CCCN(C(=O)c1nc[nH]n1)[C@H](CC)CCc1nc2c(-c3ccc(-c4ccccc4)nc3)cnn2c(N)c1Br. The molecule has 11 heteroatoms. The second-order valence-corrected chi connectivity index (χ2v) is 10.1. The summed E-state index contributed by atoms with van der Waals surface area (Å²) in [5, 5.41) is 11.1. The number of aromatic nitrogens is 7. The number of aromatic amines is 1. The largest absolute Gasteiger partial charge is 0.383 e. The number of nitrogens with one attached hydrogen (secondary N) is 1. The van der Waals surface area contributed by atoms with Crippen LogP contribution in [0.15, 0.2) is 65.7 Å². The summed E-state index contributed by atoms with van der Waals surface area (Å²) in [6, 6.07) is 14.1. The van der Waals surface area contributed by atoms with Gasteiger partial charge in [-0.15, -0.1) is 5.10 Å². The fraction of sp³-hybridized carbons (Fsp3) is 0.286. The molecule has 0 saturated heterocycles. The molecule has 0 unspecified atom stereocenters. The van der Waals surface area contributed by atoms with Crippen LogP contribution in [0, 0.1) is 0 Å². The predicted octanol–water partition coefficient (Wildman–Crippen LogP) is 5.18. The molecular weight excluding hydrogens is 558 g/mol. The van der Waals surface area contributed by atoms with Gasteiger partial charge in [-0.25, -0.2) is 9.97 Å². The number of amides is 1. The normalized spacial score (nSPS) is 12.1. The minimum absolute atomic E-state index is 0.00112. The number of aryl methyl sites for hydroxylation is 1. The number of nitrogens with zero attached hydrogens (tertiary/aromatic N) is 7. The number of rotatable bonds is 10. The predicted molar refractivity (Wildman–Crippen MR) is 154 cm³/mol. The molecule has 10 nitrogen and oxygen atoms in total. The molecule has 5 aromatic rings. The smallest absolute Gasteiger partial charge is 0.293 e. The van der Waals surface area contributed by atoms with Gasteiger partial charge in [-0.05, 0) is 47.7 Å². The van der Waals surface area contributed by atoms with Gasteiger partial charge in [-0.3, -0.25) is 14.9 Å². The average molecular weight is 589 g/mol. The summed E-state index contributed by atoms with van der Waals surface area (Å²) in [5.41, 5.74) is 11.7. The number of pyridine rings is 1. The highest BCUT2D eigenvalue weighted by Crippen LogP contribution is 2.31. The van der Waals surface area contributed by atoms with Gasteiger partial charge in [0.05, 0.1) is 22.1 Å². The molecule has 0 spiro atoms. The third-order valence-corrected chi connectivity index (χ3v) is 7.66. The molecule has 4 aromatic heterocycles. The standard InChI is InChI=1S/C28H30BrN9O/c1-3-14-37(28(39)26-32-17-33-36-26)20(4-2)11-13-23-24(29)25(30)38-27(35-23)21(16-34-38)19-10-12-22(31-15-19)18-8-6-5-7-9-18/h5-10,12,15-17,20H,3-4,11,13-14,30H2,1-2H3,(H,32,33,36)/t20-/m1/s1. The zero-order chi connectivity index (χ0) is 27.4. The minimum Gasteiger partial charge on any atom is -0.383 e. The van der Waals surface area contributed by atoms with E-state index in [0.29, 0.717) is 35.3 Å². The van der Waals surface area contributed by atoms with Gasteiger partial charge in [0.15, 0.2) is 5.65 Å². The topological polar surface area (TPSA) is 131 Å². The summed E-state index contributed by atoms with van der Waals surface area (Å²) >= 11 is 3.64. The number of carbonyl (C=O) groups is 1. The fourth-order valence-electron chi connectivity index (χ4n) is 4.76. The Morgan fingerprint density at radius 3 is 2.59 bits per heavy atom. The van der Waals surface area contributed by atoms with E-state index in [-0.39, 0.29) is 17.8 Å². The van der Waals surface area contributed by atoms with Crippen molar-refractivity contribution in [1.82, 2.24) is 39.7 Å². The van der Waals surface area contributed by atoms with Crippen molar-refractivity contribution in [3.05, 3.63) is 77.2 Å². The highest BCUT2D eigenvalue weighted by molar-refractivity contribution is 9.10. The second-order valence-electron chi connectivity index (χ2n) is 9.27. The van der Waals surface area contributed by atoms with Crippen molar-refractivity contribution >= 4 is 33.3 Å². The maximum atomic E-state index is 13.1. The van der Waals surface area contributed by atoms with E-state index >= 15 is 0 Å². The maximum Gasteiger partial charge on any atom is 0.293 e. The van der Waals surface area contributed by atoms with Crippen LogP contribution >= 0.6 is 15.9 Å². The number of hydrogen-bond donors (Lipinski definition) is 2. The molecule has 0 bridgehead atoms. The zero-order valence-electron chi connectivity index (χ0n) is 21.9. The van der Waals surface area contributed by atoms with E-state index in [0.717, 1.165) is 40.9 Å². The molecule has 1 atom stereocenters. The molecule has 1 aromatic carbocycles. The Labute approximate surface area is 234 Å². The van der Waals surface area contributed by atoms with Crippen LogP contribution in [0.2, 0.25) is 0 Å². The van der Waals surface area contributed by atoms with Gasteiger partial charge in [-0.2, -0.15) is 9.61 Å². The van der Waals surface area contributed by atoms with Gasteiger partial charge in [0.25, 0.3) is 5.91 Å². The van der Waals surface area contributed by atoms with Crippen LogP contribution in [-0.2, 0) is 6.42 Å². The minimum atomic E-state index is -0.170. The number of anilines is 1. The molecule has 4 heterocycles. The number of nitrogens with two attached hydrogens (primary N) is 1. The summed E-state index contributed by atoms with van der Waals surface area (Å²) in [6.07, 6.45) is 7.99. The molecule has 0 aliphatic rings. The Kier molecular flexibility index (Phi) is 7.97. The molecule has 1 amide bonds. The van der Waals surface area contributed by atoms with Crippen molar-refractivity contribution in [2.45, 2.75) is 45.6 Å². The third-order valence-electron chi connectivity index (χ3n) is 6.79. The Morgan fingerprint density at radius 1 is 1.10 bits per heavy atom. The summed E-state index contributed by atoms with van der Waals surface area (Å²) in [6.45, 7) is 4.76. The lowest BCUT2D eigenvalue weighted by molar-refractivity contribution is 0.0650. The molecule has 5 rings (SSSR count). The van der Waals surface area contributed by atoms with E-state index in [1.807, 2.05) is 53.6 Å². The highest BCUT2D eigenvalue weighted by atomic mass is 79.9. The Hall–Kier alpha value is -4.12. The van der Waals surface area contributed by atoms with Gasteiger partial charge in [0, 0.05) is 35.5 Å². The molecule has 0 aliphatic heterocycles. The molecular formula is C28H30BrN9O.